The van der Waals surface area contributed by atoms with E-state index in [1.807, 2.05) is 0 Å². The maximum absolute atomic E-state index is 5.17. The Hall–Kier alpha value is -2.05. The van der Waals surface area contributed by atoms with E-state index in [0.29, 0.717) is 0 Å². The largest absolute Gasteiger partial charge is 0.309 e. The van der Waals surface area contributed by atoms with E-state index in [1.54, 1.807) is 0 Å². The first-order valence-corrected chi connectivity index (χ1v) is 13.3. The number of hydrogen-bond donors (Lipinski definition) is 0. The van der Waals surface area contributed by atoms with Crippen LogP contribution in [0.3, 0.4) is 0 Å². The van der Waals surface area contributed by atoms with Crippen molar-refractivity contribution in [3.05, 3.63) is 71.0 Å². The molecule has 2 saturated heterocycles. The zero-order valence-electron chi connectivity index (χ0n) is 21.1. The molecule has 1 unspecified atom stereocenters. The van der Waals surface area contributed by atoms with Crippen molar-refractivity contribution in [3.8, 4) is 0 Å². The fourth-order valence-electron chi connectivity index (χ4n) is 5.94. The van der Waals surface area contributed by atoms with E-state index in [4.69, 9.17) is 4.99 Å². The average Bonchev–Trinajstić information content (AvgIpc) is 3.24. The molecule has 1 aromatic rings. The molecule has 4 aliphatic rings. The van der Waals surface area contributed by atoms with E-state index >= 15 is 0 Å². The number of hydrogen-bond acceptors (Lipinski definition) is 5. The standard InChI is InChI=1S/C29H41N5/c1-31(2)15-8-16-32-20-22-33(23-21-32)17-9-18-34-19-14-26-25-12-6-7-13-27(25)30-28(26)29(34)24-10-4-3-5-11-24/h3-7,10-11,13,29H,8-9,12,14-23H2,1-2H3. The number of aliphatic imine (C=N–C) groups is 1. The third kappa shape index (κ3) is 5.44. The lowest BCUT2D eigenvalue weighted by Gasteiger charge is -2.39. The molecule has 34 heavy (non-hydrogen) atoms. The van der Waals surface area contributed by atoms with Crippen LogP contribution in [0.1, 0.15) is 37.3 Å². The molecule has 0 amide bonds. The van der Waals surface area contributed by atoms with Gasteiger partial charge in [-0.1, -0.05) is 42.5 Å². The zero-order chi connectivity index (χ0) is 23.3. The van der Waals surface area contributed by atoms with E-state index in [-0.39, 0.29) is 6.04 Å². The third-order valence-corrected chi connectivity index (χ3v) is 7.79. The number of nitrogens with zero attached hydrogens (tertiary/aromatic N) is 5. The molecule has 0 aromatic heterocycles. The summed E-state index contributed by atoms with van der Waals surface area (Å²) in [6.45, 7) is 10.8. The van der Waals surface area contributed by atoms with Crippen LogP contribution >= 0.6 is 0 Å². The lowest BCUT2D eigenvalue weighted by atomic mass is 9.86. The van der Waals surface area contributed by atoms with Crippen molar-refractivity contribution in [2.24, 2.45) is 4.99 Å². The number of rotatable bonds is 9. The molecule has 3 aliphatic heterocycles. The second-order valence-corrected chi connectivity index (χ2v) is 10.4. The molecule has 5 heteroatoms. The molecule has 182 valence electrons. The van der Waals surface area contributed by atoms with Gasteiger partial charge in [-0.05, 0) is 82.2 Å². The van der Waals surface area contributed by atoms with E-state index in [2.05, 4.69) is 82.3 Å². The molecule has 2 fully saturated rings. The predicted molar refractivity (Wildman–Crippen MR) is 142 cm³/mol. The third-order valence-electron chi connectivity index (χ3n) is 7.79. The lowest BCUT2D eigenvalue weighted by molar-refractivity contribution is 0.122. The minimum absolute atomic E-state index is 0.289. The highest BCUT2D eigenvalue weighted by molar-refractivity contribution is 6.09. The van der Waals surface area contributed by atoms with Crippen molar-refractivity contribution in [1.29, 1.82) is 0 Å². The van der Waals surface area contributed by atoms with Gasteiger partial charge < -0.3 is 14.7 Å². The summed E-state index contributed by atoms with van der Waals surface area (Å²) in [6.07, 6.45) is 11.3. The Balaban J connectivity index is 1.17. The van der Waals surface area contributed by atoms with Crippen LogP contribution in [0.4, 0.5) is 0 Å². The number of piperidine rings is 1. The van der Waals surface area contributed by atoms with Crippen LogP contribution in [0.2, 0.25) is 0 Å². The monoisotopic (exact) mass is 459 g/mol. The van der Waals surface area contributed by atoms with Gasteiger partial charge in [-0.25, -0.2) is 0 Å². The molecule has 5 nitrogen and oxygen atoms in total. The quantitative estimate of drug-likeness (QED) is 0.558. The zero-order valence-corrected chi connectivity index (χ0v) is 21.1. The van der Waals surface area contributed by atoms with Crippen molar-refractivity contribution in [1.82, 2.24) is 19.6 Å². The normalized spacial score (nSPS) is 23.8. The van der Waals surface area contributed by atoms with Gasteiger partial charge in [0.05, 0.1) is 17.5 Å². The van der Waals surface area contributed by atoms with Crippen LogP contribution in [-0.2, 0) is 0 Å². The fraction of sp³-hybridized carbons (Fsp3) is 0.552. The molecule has 0 N–H and O–H groups in total. The molecule has 0 spiro atoms. The predicted octanol–water partition coefficient (Wildman–Crippen LogP) is 3.99. The maximum Gasteiger partial charge on any atom is 0.0779 e. The van der Waals surface area contributed by atoms with Crippen molar-refractivity contribution in [2.45, 2.75) is 31.7 Å². The van der Waals surface area contributed by atoms with Crippen LogP contribution in [0.5, 0.6) is 0 Å². The first kappa shape index (κ1) is 23.7. The average molecular weight is 460 g/mol. The van der Waals surface area contributed by atoms with E-state index in [9.17, 15) is 0 Å². The SMILES string of the molecule is CN(C)CCCN1CCN(CCCN2CCC3=C4CC=CC=C4N=C3C2c2ccccc2)CC1. The van der Waals surface area contributed by atoms with Crippen LogP contribution in [0.25, 0.3) is 0 Å². The van der Waals surface area contributed by atoms with Crippen molar-refractivity contribution >= 4 is 5.71 Å². The van der Waals surface area contributed by atoms with E-state index < -0.39 is 0 Å². The second-order valence-electron chi connectivity index (χ2n) is 10.4. The molecule has 0 radical (unpaired) electrons. The van der Waals surface area contributed by atoms with Gasteiger partial charge >= 0.3 is 0 Å². The molecule has 0 bridgehead atoms. The minimum Gasteiger partial charge on any atom is -0.309 e. The first-order valence-electron chi connectivity index (χ1n) is 13.3. The number of benzene rings is 1. The van der Waals surface area contributed by atoms with Crippen LogP contribution < -0.4 is 0 Å². The summed E-state index contributed by atoms with van der Waals surface area (Å²) in [5.41, 5.74) is 6.90. The second kappa shape index (κ2) is 11.1. The van der Waals surface area contributed by atoms with Gasteiger partial charge in [0.1, 0.15) is 0 Å². The lowest BCUT2D eigenvalue weighted by Crippen LogP contribution is -2.47. The summed E-state index contributed by atoms with van der Waals surface area (Å²) >= 11 is 0. The van der Waals surface area contributed by atoms with Gasteiger partial charge in [-0.3, -0.25) is 9.89 Å². The topological polar surface area (TPSA) is 25.3 Å². The Bertz CT molecular complexity index is 950. The summed E-state index contributed by atoms with van der Waals surface area (Å²) in [7, 11) is 4.34. The summed E-state index contributed by atoms with van der Waals surface area (Å²) in [6, 6.07) is 11.3. The Morgan fingerprint density at radius 3 is 2.35 bits per heavy atom. The molecule has 5 rings (SSSR count). The van der Waals surface area contributed by atoms with Gasteiger partial charge in [-0.15, -0.1) is 0 Å². The highest BCUT2D eigenvalue weighted by Gasteiger charge is 2.37. The van der Waals surface area contributed by atoms with Crippen LogP contribution in [0, 0.1) is 0 Å². The number of piperazine rings is 1. The van der Waals surface area contributed by atoms with Gasteiger partial charge in [0.25, 0.3) is 0 Å². The van der Waals surface area contributed by atoms with Crippen LogP contribution in [0.15, 0.2) is 70.4 Å². The Labute approximate surface area is 206 Å². The van der Waals surface area contributed by atoms with Crippen molar-refractivity contribution in [3.63, 3.8) is 0 Å². The van der Waals surface area contributed by atoms with Gasteiger partial charge in [0, 0.05) is 39.3 Å². The minimum atomic E-state index is 0.289. The Morgan fingerprint density at radius 1 is 0.882 bits per heavy atom. The fourth-order valence-corrected chi connectivity index (χ4v) is 5.94. The molecular formula is C29H41N5. The van der Waals surface area contributed by atoms with Crippen LogP contribution in [-0.4, -0.2) is 98.3 Å². The molecular weight excluding hydrogens is 418 g/mol. The smallest absolute Gasteiger partial charge is 0.0779 e. The summed E-state index contributed by atoms with van der Waals surface area (Å²) in [5.74, 6) is 0. The first-order chi connectivity index (χ1) is 16.7. The molecule has 1 atom stereocenters. The molecule has 0 saturated carbocycles. The summed E-state index contributed by atoms with van der Waals surface area (Å²) in [5, 5.41) is 0. The van der Waals surface area contributed by atoms with Gasteiger partial charge in [0.15, 0.2) is 0 Å². The maximum atomic E-state index is 5.17. The van der Waals surface area contributed by atoms with Gasteiger partial charge in [0.2, 0.25) is 0 Å². The van der Waals surface area contributed by atoms with Crippen molar-refractivity contribution in [2.75, 3.05) is 73.0 Å². The van der Waals surface area contributed by atoms with E-state index in [1.165, 1.54) is 86.8 Å². The number of likely N-dealkylation sites (tertiary alicyclic amines) is 1. The summed E-state index contributed by atoms with van der Waals surface area (Å²) < 4.78 is 0. The Kier molecular flexibility index (Phi) is 7.75. The molecule has 1 aromatic carbocycles. The number of fused-ring (bicyclic) bond motifs is 2. The highest BCUT2D eigenvalue weighted by atomic mass is 15.3. The van der Waals surface area contributed by atoms with Gasteiger partial charge in [-0.2, -0.15) is 0 Å². The van der Waals surface area contributed by atoms with Crippen molar-refractivity contribution < 1.29 is 0 Å². The molecule has 1 aliphatic carbocycles. The summed E-state index contributed by atoms with van der Waals surface area (Å²) in [4.78, 5) is 15.5. The highest BCUT2D eigenvalue weighted by Crippen LogP contribution is 2.41. The Morgan fingerprint density at radius 2 is 1.62 bits per heavy atom. The number of allylic oxidation sites excluding steroid dienone is 4. The molecule has 3 heterocycles. The van der Waals surface area contributed by atoms with E-state index in [0.717, 1.165) is 25.9 Å².